The van der Waals surface area contributed by atoms with E-state index in [2.05, 4.69) is 137 Å². The summed E-state index contributed by atoms with van der Waals surface area (Å²) in [4.78, 5) is 2.51. The van der Waals surface area contributed by atoms with E-state index in [0.717, 1.165) is 70.4 Å². The molecule has 1 aliphatic heterocycles. The van der Waals surface area contributed by atoms with Gasteiger partial charge in [0.15, 0.2) is 0 Å². The Morgan fingerprint density at radius 2 is 1.57 bits per heavy atom. The molecule has 3 atom stereocenters. The molecule has 4 aromatic carbocycles. The van der Waals surface area contributed by atoms with Gasteiger partial charge < -0.3 is 9.47 Å². The van der Waals surface area contributed by atoms with Crippen LogP contribution in [0.3, 0.4) is 0 Å². The number of hydrogen-bond donors (Lipinski definition) is 0. The molecule has 3 aliphatic carbocycles. The fourth-order valence-corrected chi connectivity index (χ4v) is 8.54. The molecule has 3 unspecified atom stereocenters. The van der Waals surface area contributed by atoms with Gasteiger partial charge in [0.05, 0.1) is 40.5 Å². The smallest absolute Gasteiger partial charge is 0.101 e. The highest BCUT2D eigenvalue weighted by Gasteiger charge is 2.41. The second-order valence-electron chi connectivity index (χ2n) is 13.3. The lowest BCUT2D eigenvalue weighted by Gasteiger charge is -2.35. The lowest BCUT2D eigenvalue weighted by Crippen LogP contribution is -2.41. The average Bonchev–Trinajstić information content (AvgIpc) is 3.54. The second kappa shape index (κ2) is 11.9. The summed E-state index contributed by atoms with van der Waals surface area (Å²) in [5, 5.41) is 21.7. The molecule has 4 nitrogen and oxygen atoms in total. The van der Waals surface area contributed by atoms with Crippen LogP contribution in [0, 0.1) is 22.7 Å². The average molecular weight is 631 g/mol. The van der Waals surface area contributed by atoms with E-state index in [1.54, 1.807) is 0 Å². The predicted molar refractivity (Wildman–Crippen MR) is 199 cm³/mol. The topological polar surface area (TPSA) is 55.8 Å². The van der Waals surface area contributed by atoms with Crippen molar-refractivity contribution in [2.45, 2.75) is 43.7 Å². The van der Waals surface area contributed by atoms with Crippen LogP contribution in [0.4, 0.5) is 5.69 Å². The van der Waals surface area contributed by atoms with E-state index < -0.39 is 0 Å². The van der Waals surface area contributed by atoms with Gasteiger partial charge in [0.25, 0.3) is 0 Å². The molecule has 4 aliphatic rings. The molecule has 234 valence electrons. The molecule has 0 fully saturated rings. The first kappa shape index (κ1) is 29.1. The number of para-hydroxylation sites is 2. The molecule has 0 radical (unpaired) electrons. The summed E-state index contributed by atoms with van der Waals surface area (Å²) in [7, 11) is 0. The highest BCUT2D eigenvalue weighted by atomic mass is 15.2. The molecule has 2 heterocycles. The van der Waals surface area contributed by atoms with Crippen LogP contribution in [0.1, 0.15) is 58.7 Å². The Kier molecular flexibility index (Phi) is 7.03. The minimum absolute atomic E-state index is 0.147. The highest BCUT2D eigenvalue weighted by molar-refractivity contribution is 5.93. The van der Waals surface area contributed by atoms with Crippen LogP contribution in [-0.2, 0) is 6.42 Å². The minimum Gasteiger partial charge on any atom is -0.357 e. The Morgan fingerprint density at radius 1 is 0.755 bits per heavy atom. The van der Waals surface area contributed by atoms with Crippen LogP contribution in [-0.4, -0.2) is 16.7 Å². The van der Waals surface area contributed by atoms with E-state index in [9.17, 15) is 10.5 Å². The van der Waals surface area contributed by atoms with E-state index >= 15 is 0 Å². The number of hydrogen-bond acceptors (Lipinski definition) is 3. The molecule has 0 saturated heterocycles. The lowest BCUT2D eigenvalue weighted by molar-refractivity contribution is 0.614. The Labute approximate surface area is 287 Å². The Hall–Kier alpha value is -6.10. The minimum atomic E-state index is 0.147. The SMILES string of the molecule is N#Cc1cccc2c1C1C=CC=CC1N2C1C=C(c2cccc(-c3cccc(C#N)c3-n3c4c(c5ccccc53)CCCC=C4)c2)C=CC1. The molecule has 0 spiro atoms. The first-order valence-corrected chi connectivity index (χ1v) is 17.2. The third kappa shape index (κ3) is 4.64. The van der Waals surface area contributed by atoms with Gasteiger partial charge in [-0.15, -0.1) is 0 Å². The lowest BCUT2D eigenvalue weighted by atomic mass is 9.88. The van der Waals surface area contributed by atoms with Crippen molar-refractivity contribution < 1.29 is 0 Å². The summed E-state index contributed by atoms with van der Waals surface area (Å²) in [6.45, 7) is 0. The maximum Gasteiger partial charge on any atom is 0.101 e. The van der Waals surface area contributed by atoms with E-state index in [4.69, 9.17) is 0 Å². The monoisotopic (exact) mass is 630 g/mol. The number of benzene rings is 4. The summed E-state index contributed by atoms with van der Waals surface area (Å²) >= 11 is 0. The summed E-state index contributed by atoms with van der Waals surface area (Å²) < 4.78 is 2.33. The Bertz CT molecular complexity index is 2400. The van der Waals surface area contributed by atoms with Gasteiger partial charge >= 0.3 is 0 Å². The number of nitriles is 2. The zero-order valence-corrected chi connectivity index (χ0v) is 27.1. The normalized spacial score (nSPS) is 20.2. The third-order valence-corrected chi connectivity index (χ3v) is 10.6. The molecule has 0 N–H and O–H groups in total. The molecule has 4 heteroatoms. The Balaban J connectivity index is 1.16. The van der Waals surface area contributed by atoms with Crippen molar-refractivity contribution in [2.24, 2.45) is 0 Å². The van der Waals surface area contributed by atoms with Crippen LogP contribution >= 0.6 is 0 Å². The fourth-order valence-electron chi connectivity index (χ4n) is 8.54. The van der Waals surface area contributed by atoms with Crippen molar-refractivity contribution >= 4 is 28.2 Å². The van der Waals surface area contributed by atoms with Gasteiger partial charge in [0, 0.05) is 33.8 Å². The van der Waals surface area contributed by atoms with Crippen molar-refractivity contribution in [3.63, 3.8) is 0 Å². The van der Waals surface area contributed by atoms with E-state index in [1.807, 2.05) is 24.3 Å². The molecule has 5 aromatic rings. The van der Waals surface area contributed by atoms with E-state index in [0.29, 0.717) is 5.56 Å². The molecular weight excluding hydrogens is 597 g/mol. The van der Waals surface area contributed by atoms with Gasteiger partial charge in [-0.1, -0.05) is 103 Å². The zero-order chi connectivity index (χ0) is 32.9. The number of fused-ring (bicyclic) bond motifs is 6. The maximum atomic E-state index is 10.5. The molecule has 0 amide bonds. The Morgan fingerprint density at radius 3 is 2.49 bits per heavy atom. The first-order chi connectivity index (χ1) is 24.2. The molecule has 49 heavy (non-hydrogen) atoms. The molecule has 9 rings (SSSR count). The summed E-state index contributed by atoms with van der Waals surface area (Å²) in [6.07, 6.45) is 24.3. The predicted octanol–water partition coefficient (Wildman–Crippen LogP) is 10.2. The fraction of sp³-hybridized carbons (Fsp3) is 0.156. The number of aromatic nitrogens is 1. The quantitative estimate of drug-likeness (QED) is 0.199. The summed E-state index contributed by atoms with van der Waals surface area (Å²) in [5.74, 6) is 0.169. The van der Waals surface area contributed by atoms with Gasteiger partial charge in [-0.2, -0.15) is 10.5 Å². The van der Waals surface area contributed by atoms with Crippen molar-refractivity contribution in [3.05, 3.63) is 167 Å². The number of nitrogens with zero attached hydrogens (tertiary/aromatic N) is 4. The van der Waals surface area contributed by atoms with E-state index in [-0.39, 0.29) is 18.0 Å². The van der Waals surface area contributed by atoms with Gasteiger partial charge in [-0.05, 0) is 84.4 Å². The van der Waals surface area contributed by atoms with Crippen LogP contribution in [0.25, 0.3) is 39.4 Å². The zero-order valence-electron chi connectivity index (χ0n) is 27.1. The van der Waals surface area contributed by atoms with Gasteiger partial charge in [0.2, 0.25) is 0 Å². The number of aryl methyl sites for hydroxylation is 1. The van der Waals surface area contributed by atoms with Crippen molar-refractivity contribution in [2.75, 3.05) is 4.90 Å². The van der Waals surface area contributed by atoms with Crippen LogP contribution in [0.2, 0.25) is 0 Å². The molecule has 0 saturated carbocycles. The molecule has 0 bridgehead atoms. The number of allylic oxidation sites excluding steroid dienone is 5. The van der Waals surface area contributed by atoms with Crippen molar-refractivity contribution in [3.8, 4) is 29.0 Å². The van der Waals surface area contributed by atoms with Crippen LogP contribution in [0.5, 0.6) is 0 Å². The van der Waals surface area contributed by atoms with Crippen LogP contribution in [0.15, 0.2) is 134 Å². The first-order valence-electron chi connectivity index (χ1n) is 17.2. The highest BCUT2D eigenvalue weighted by Crippen LogP contribution is 2.48. The third-order valence-electron chi connectivity index (χ3n) is 10.6. The maximum absolute atomic E-state index is 10.5. The largest absolute Gasteiger partial charge is 0.357 e. The number of rotatable bonds is 4. The van der Waals surface area contributed by atoms with Crippen molar-refractivity contribution in [1.29, 1.82) is 10.5 Å². The molecule has 1 aromatic heterocycles. The molecular formula is C45H34N4. The second-order valence-corrected chi connectivity index (χ2v) is 13.3. The van der Waals surface area contributed by atoms with E-state index in [1.165, 1.54) is 22.2 Å². The van der Waals surface area contributed by atoms with Crippen LogP contribution < -0.4 is 4.90 Å². The van der Waals surface area contributed by atoms with Gasteiger partial charge in [-0.25, -0.2) is 0 Å². The van der Waals surface area contributed by atoms with Gasteiger partial charge in [-0.3, -0.25) is 0 Å². The van der Waals surface area contributed by atoms with Crippen molar-refractivity contribution in [1.82, 2.24) is 4.57 Å². The number of anilines is 1. The standard InChI is InChI=1S/C45H34N4/c46-28-33-15-11-25-43-44(33)39-20-5-7-24-42(39)48(43)35-17-9-13-31(27-35)30-12-8-14-32(26-30)36-21-10-16-34(29-47)45(36)49-40-22-3-1-2-18-37(40)38-19-4-6-23-41(38)49/h3-16,19-27,35,39,42H,1-2,17-18H2. The summed E-state index contributed by atoms with van der Waals surface area (Å²) in [6, 6.07) is 34.9. The summed E-state index contributed by atoms with van der Waals surface area (Å²) in [5.41, 5.74) is 12.8. The van der Waals surface area contributed by atoms with Gasteiger partial charge in [0.1, 0.15) is 6.07 Å².